The molecule has 0 aliphatic carbocycles. The first kappa shape index (κ1) is 17.1. The summed E-state index contributed by atoms with van der Waals surface area (Å²) < 4.78 is 18.5. The molecule has 0 radical (unpaired) electrons. The molecule has 0 aromatic heterocycles. The molecule has 0 atom stereocenters. The van der Waals surface area contributed by atoms with Crippen LogP contribution in [0.25, 0.3) is 0 Å². The highest BCUT2D eigenvalue weighted by Crippen LogP contribution is 2.21. The number of hydrogen-bond donors (Lipinski definition) is 0. The van der Waals surface area contributed by atoms with Crippen molar-refractivity contribution >= 4 is 11.7 Å². The van der Waals surface area contributed by atoms with Crippen LogP contribution in [-0.2, 0) is 17.8 Å². The molecule has 0 N–H and O–H groups in total. The van der Waals surface area contributed by atoms with Crippen LogP contribution in [0.2, 0.25) is 0 Å². The zero-order chi connectivity index (χ0) is 17.8. The quantitative estimate of drug-likeness (QED) is 0.783. The second-order valence-electron chi connectivity index (χ2n) is 6.11. The maximum atomic E-state index is 13.7. The number of ketones is 1. The van der Waals surface area contributed by atoms with E-state index in [2.05, 4.69) is 6.07 Å². The Labute approximate surface area is 146 Å². The highest BCUT2D eigenvalue weighted by Gasteiger charge is 2.21. The number of nitrogens with zero attached hydrogens (tertiary/aromatic N) is 1. The summed E-state index contributed by atoms with van der Waals surface area (Å²) >= 11 is 0. The number of amides is 1. The van der Waals surface area contributed by atoms with Crippen LogP contribution in [0.15, 0.2) is 42.5 Å². The van der Waals surface area contributed by atoms with E-state index in [0.717, 1.165) is 18.1 Å². The predicted octanol–water partition coefficient (Wildman–Crippen LogP) is 3.38. The van der Waals surface area contributed by atoms with Gasteiger partial charge in [0.15, 0.2) is 17.3 Å². The monoisotopic (exact) mass is 341 g/mol. The molecule has 3 rings (SSSR count). The Kier molecular flexibility index (Phi) is 5.12. The molecule has 1 amide bonds. The number of rotatable bonds is 5. The van der Waals surface area contributed by atoms with Gasteiger partial charge in [0.1, 0.15) is 0 Å². The van der Waals surface area contributed by atoms with Gasteiger partial charge in [0, 0.05) is 31.5 Å². The van der Waals surface area contributed by atoms with Crippen molar-refractivity contribution in [2.45, 2.75) is 25.8 Å². The van der Waals surface area contributed by atoms with Crippen molar-refractivity contribution in [3.63, 3.8) is 0 Å². The summed E-state index contributed by atoms with van der Waals surface area (Å²) in [5.74, 6) is -0.768. The van der Waals surface area contributed by atoms with Crippen LogP contribution >= 0.6 is 0 Å². The van der Waals surface area contributed by atoms with Gasteiger partial charge < -0.3 is 9.64 Å². The standard InChI is InChI=1S/C20H20FNO3/c1-25-19-8-6-15(12-17(19)21)18(23)7-9-20(24)22-11-10-14-4-2-3-5-16(14)13-22/h2-6,8,12H,7,9-11,13H2,1H3. The fraction of sp³-hybridized carbons (Fsp3) is 0.300. The van der Waals surface area contributed by atoms with Gasteiger partial charge in [-0.3, -0.25) is 9.59 Å². The Balaban J connectivity index is 1.57. The third kappa shape index (κ3) is 3.87. The number of carbonyl (C=O) groups excluding carboxylic acids is 2. The predicted molar refractivity (Wildman–Crippen MR) is 92.1 cm³/mol. The lowest BCUT2D eigenvalue weighted by molar-refractivity contribution is -0.132. The molecule has 2 aromatic carbocycles. The van der Waals surface area contributed by atoms with Gasteiger partial charge in [-0.05, 0) is 35.7 Å². The van der Waals surface area contributed by atoms with Crippen LogP contribution < -0.4 is 4.74 Å². The molecule has 0 saturated heterocycles. The number of fused-ring (bicyclic) bond motifs is 1. The van der Waals surface area contributed by atoms with Crippen molar-refractivity contribution < 1.29 is 18.7 Å². The van der Waals surface area contributed by atoms with Crippen molar-refractivity contribution in [3.8, 4) is 5.75 Å². The Morgan fingerprint density at radius 2 is 1.88 bits per heavy atom. The van der Waals surface area contributed by atoms with Gasteiger partial charge in [-0.2, -0.15) is 0 Å². The van der Waals surface area contributed by atoms with Gasteiger partial charge in [0.2, 0.25) is 5.91 Å². The zero-order valence-corrected chi connectivity index (χ0v) is 14.1. The number of benzene rings is 2. The molecule has 0 unspecified atom stereocenters. The van der Waals surface area contributed by atoms with Crippen LogP contribution in [-0.4, -0.2) is 30.2 Å². The molecule has 0 fully saturated rings. The highest BCUT2D eigenvalue weighted by molar-refractivity contribution is 5.98. The number of methoxy groups -OCH3 is 1. The van der Waals surface area contributed by atoms with E-state index >= 15 is 0 Å². The van der Waals surface area contributed by atoms with Crippen molar-refractivity contribution in [2.24, 2.45) is 0 Å². The van der Waals surface area contributed by atoms with Crippen molar-refractivity contribution in [3.05, 3.63) is 65.0 Å². The zero-order valence-electron chi connectivity index (χ0n) is 14.1. The van der Waals surface area contributed by atoms with Gasteiger partial charge in [-0.15, -0.1) is 0 Å². The van der Waals surface area contributed by atoms with Crippen LogP contribution in [0.4, 0.5) is 4.39 Å². The van der Waals surface area contributed by atoms with Crippen LogP contribution in [0.3, 0.4) is 0 Å². The number of Topliss-reactive ketones (excluding diaryl/α,β-unsaturated/α-hetero) is 1. The van der Waals surface area contributed by atoms with Gasteiger partial charge in [0.05, 0.1) is 7.11 Å². The third-order valence-electron chi connectivity index (χ3n) is 4.52. The summed E-state index contributed by atoms with van der Waals surface area (Å²) in [5, 5.41) is 0. The fourth-order valence-corrected chi connectivity index (χ4v) is 3.07. The highest BCUT2D eigenvalue weighted by atomic mass is 19.1. The second-order valence-corrected chi connectivity index (χ2v) is 6.11. The maximum Gasteiger partial charge on any atom is 0.223 e. The number of ether oxygens (including phenoxy) is 1. The fourth-order valence-electron chi connectivity index (χ4n) is 3.07. The largest absolute Gasteiger partial charge is 0.494 e. The molecule has 0 saturated carbocycles. The van der Waals surface area contributed by atoms with Gasteiger partial charge in [0.25, 0.3) is 0 Å². The van der Waals surface area contributed by atoms with Gasteiger partial charge >= 0.3 is 0 Å². The minimum Gasteiger partial charge on any atom is -0.494 e. The van der Waals surface area contributed by atoms with Crippen LogP contribution in [0.1, 0.15) is 34.3 Å². The average Bonchev–Trinajstić information content (AvgIpc) is 2.65. The van der Waals surface area contributed by atoms with Gasteiger partial charge in [-0.25, -0.2) is 4.39 Å². The average molecular weight is 341 g/mol. The SMILES string of the molecule is COc1ccc(C(=O)CCC(=O)N2CCc3ccccc3C2)cc1F. The molecular weight excluding hydrogens is 321 g/mol. The Bertz CT molecular complexity index is 803. The normalized spacial score (nSPS) is 13.3. The molecule has 1 aliphatic rings. The lowest BCUT2D eigenvalue weighted by atomic mass is 9.99. The number of hydrogen-bond acceptors (Lipinski definition) is 3. The van der Waals surface area contributed by atoms with Crippen molar-refractivity contribution in [2.75, 3.05) is 13.7 Å². The van der Waals surface area contributed by atoms with Gasteiger partial charge in [-0.1, -0.05) is 24.3 Å². The smallest absolute Gasteiger partial charge is 0.223 e. The van der Waals surface area contributed by atoms with Crippen molar-refractivity contribution in [1.29, 1.82) is 0 Å². The summed E-state index contributed by atoms with van der Waals surface area (Å²) in [5.41, 5.74) is 2.69. The van der Waals surface area contributed by atoms with E-state index in [4.69, 9.17) is 4.74 Å². The molecule has 130 valence electrons. The van der Waals surface area contributed by atoms with E-state index < -0.39 is 5.82 Å². The first-order valence-electron chi connectivity index (χ1n) is 8.30. The van der Waals surface area contributed by atoms with E-state index in [1.54, 1.807) is 4.90 Å². The Hall–Kier alpha value is -2.69. The summed E-state index contributed by atoms with van der Waals surface area (Å²) in [6, 6.07) is 12.2. The summed E-state index contributed by atoms with van der Waals surface area (Å²) in [6.07, 6.45) is 1.04. The lowest BCUT2D eigenvalue weighted by Gasteiger charge is -2.28. The van der Waals surface area contributed by atoms with E-state index in [1.807, 2.05) is 18.2 Å². The number of carbonyl (C=O) groups is 2. The Morgan fingerprint density at radius 1 is 1.12 bits per heavy atom. The van der Waals surface area contributed by atoms with Crippen molar-refractivity contribution in [1.82, 2.24) is 4.90 Å². The Morgan fingerprint density at radius 3 is 2.60 bits per heavy atom. The topological polar surface area (TPSA) is 46.6 Å². The molecule has 1 heterocycles. The van der Waals surface area contributed by atoms with E-state index in [0.29, 0.717) is 13.1 Å². The lowest BCUT2D eigenvalue weighted by Crippen LogP contribution is -2.36. The molecule has 0 bridgehead atoms. The molecular formula is C20H20FNO3. The molecule has 0 spiro atoms. The van der Waals surface area contributed by atoms with E-state index in [9.17, 15) is 14.0 Å². The van der Waals surface area contributed by atoms with Crippen LogP contribution in [0.5, 0.6) is 5.75 Å². The first-order valence-corrected chi connectivity index (χ1v) is 8.30. The maximum absolute atomic E-state index is 13.7. The molecule has 25 heavy (non-hydrogen) atoms. The molecule has 1 aliphatic heterocycles. The molecule has 4 nitrogen and oxygen atoms in total. The first-order chi connectivity index (χ1) is 12.1. The summed E-state index contributed by atoms with van der Waals surface area (Å²) in [7, 11) is 1.37. The molecule has 5 heteroatoms. The third-order valence-corrected chi connectivity index (χ3v) is 4.52. The van der Waals surface area contributed by atoms with E-state index in [1.165, 1.54) is 24.8 Å². The summed E-state index contributed by atoms with van der Waals surface area (Å²) in [6.45, 7) is 1.25. The van der Waals surface area contributed by atoms with Crippen LogP contribution in [0, 0.1) is 5.82 Å². The minimum atomic E-state index is -0.577. The second kappa shape index (κ2) is 7.47. The number of halogens is 1. The van der Waals surface area contributed by atoms with E-state index in [-0.39, 0.29) is 35.8 Å². The summed E-state index contributed by atoms with van der Waals surface area (Å²) in [4.78, 5) is 26.4. The minimum absolute atomic E-state index is 0.0446. The molecule has 2 aromatic rings.